The Morgan fingerprint density at radius 1 is 0.951 bits per heavy atom. The molecule has 0 spiro atoms. The number of aromatic nitrogens is 3. The molecule has 12 nitrogen and oxygen atoms in total. The van der Waals surface area contributed by atoms with Crippen LogP contribution in [0.15, 0.2) is 24.4 Å². The minimum absolute atomic E-state index is 0.0902. The molecule has 1 fully saturated rings. The lowest BCUT2D eigenvalue weighted by Crippen LogP contribution is -2.48. The number of rotatable bonds is 0. The maximum absolute atomic E-state index is 13.8. The number of likely N-dealkylation sites (tertiary alicyclic amines) is 1. The second-order valence-electron chi connectivity index (χ2n) is 12.8. The molecule has 2 aromatic heterocycles. The van der Waals surface area contributed by atoms with Crippen LogP contribution in [0.2, 0.25) is 0 Å². The number of hydrogen-bond acceptors (Lipinski definition) is 8. The molecule has 0 aliphatic carbocycles. The summed E-state index contributed by atoms with van der Waals surface area (Å²) in [5, 5.41) is 4.47. The Morgan fingerprint density at radius 3 is 2.24 bits per heavy atom. The fraction of sp³-hybridized carbons (Fsp3) is 0.621. The number of carbonyl (C=O) groups is 3. The summed E-state index contributed by atoms with van der Waals surface area (Å²) in [6, 6.07) is 4.05. The minimum Gasteiger partial charge on any atom is -0.444 e. The smallest absolute Gasteiger partial charge is 0.416 e. The summed E-state index contributed by atoms with van der Waals surface area (Å²) in [5.41, 5.74) is 0.364. The largest absolute Gasteiger partial charge is 0.444 e. The molecule has 224 valence electrons. The van der Waals surface area contributed by atoms with Gasteiger partial charge in [-0.15, -0.1) is 0 Å². The van der Waals surface area contributed by atoms with Gasteiger partial charge in [-0.25, -0.2) is 14.6 Å². The van der Waals surface area contributed by atoms with E-state index in [1.54, 1.807) is 65.8 Å². The van der Waals surface area contributed by atoms with Gasteiger partial charge in [0.2, 0.25) is 5.91 Å². The number of likely N-dealkylation sites (N-methyl/N-ethyl adjacent to an activating group) is 1. The van der Waals surface area contributed by atoms with Crippen molar-refractivity contribution in [2.24, 2.45) is 7.05 Å². The molecular formula is C29H43N7O5. The molecule has 2 aromatic rings. The molecule has 4 bridgehead atoms. The maximum atomic E-state index is 13.8. The Balaban J connectivity index is 1.83. The van der Waals surface area contributed by atoms with Crippen molar-refractivity contribution in [3.8, 4) is 0 Å². The van der Waals surface area contributed by atoms with Crippen LogP contribution in [0.4, 0.5) is 26.9 Å². The average Bonchev–Trinajstić information content (AvgIpc) is 3.45. The van der Waals surface area contributed by atoms with Crippen molar-refractivity contribution in [3.63, 3.8) is 0 Å². The van der Waals surface area contributed by atoms with Crippen molar-refractivity contribution < 1.29 is 23.9 Å². The number of hydrogen-bond donors (Lipinski definition) is 0. The van der Waals surface area contributed by atoms with Gasteiger partial charge >= 0.3 is 12.2 Å². The van der Waals surface area contributed by atoms with Crippen molar-refractivity contribution in [1.82, 2.24) is 24.6 Å². The Morgan fingerprint density at radius 2 is 1.59 bits per heavy atom. The van der Waals surface area contributed by atoms with Crippen molar-refractivity contribution >= 4 is 35.4 Å². The SMILES string of the molecule is CN1CCCc2c(cnn2C)N(C)c2cccc(n2)N(C(=O)OC(C)(C)C)[C@H]2C[C@@H](C1=O)N(C(=O)OC(C)(C)C)C2. The van der Waals surface area contributed by atoms with Gasteiger partial charge in [-0.3, -0.25) is 19.3 Å². The quantitative estimate of drug-likeness (QED) is 0.466. The molecule has 1 saturated heterocycles. The van der Waals surface area contributed by atoms with Crippen LogP contribution in [0, 0.1) is 0 Å². The first-order chi connectivity index (χ1) is 19.1. The highest BCUT2D eigenvalue weighted by molar-refractivity contribution is 5.90. The lowest BCUT2D eigenvalue weighted by atomic mass is 10.1. The van der Waals surface area contributed by atoms with E-state index in [-0.39, 0.29) is 18.9 Å². The van der Waals surface area contributed by atoms with E-state index < -0.39 is 35.5 Å². The van der Waals surface area contributed by atoms with Crippen LogP contribution in [0.5, 0.6) is 0 Å². The van der Waals surface area contributed by atoms with Crippen molar-refractivity contribution in [2.45, 2.75) is 84.1 Å². The van der Waals surface area contributed by atoms with Crippen LogP contribution in [0.3, 0.4) is 0 Å². The van der Waals surface area contributed by atoms with Gasteiger partial charge in [0.1, 0.15) is 28.9 Å². The number of anilines is 3. The second kappa shape index (κ2) is 11.2. The standard InChI is InChI=1S/C29H43N7O5/c1-28(2,3)40-26(38)35-18-19-16-21(35)25(37)32(7)15-11-12-20-22(17-30-34(20)9)33(8)23-13-10-14-24(31-23)36(19)27(39)41-29(4,5)6/h10,13-14,17,19,21H,11-12,15-16,18H2,1-9H3/t19-,21-/m0/s1. The number of pyridine rings is 1. The van der Waals surface area contributed by atoms with Crippen LogP contribution in [-0.2, 0) is 27.7 Å². The zero-order chi connectivity index (χ0) is 30.3. The molecule has 2 atom stereocenters. The lowest BCUT2D eigenvalue weighted by Gasteiger charge is -2.32. The average molecular weight is 570 g/mol. The highest BCUT2D eigenvalue weighted by atomic mass is 16.6. The van der Waals surface area contributed by atoms with Crippen LogP contribution < -0.4 is 9.80 Å². The van der Waals surface area contributed by atoms with Crippen molar-refractivity contribution in [2.75, 3.05) is 37.0 Å². The number of nitrogens with zero attached hydrogens (tertiary/aromatic N) is 7. The number of fused-ring (bicyclic) bond motifs is 5. The van der Waals surface area contributed by atoms with E-state index in [4.69, 9.17) is 14.5 Å². The summed E-state index contributed by atoms with van der Waals surface area (Å²) in [4.78, 5) is 52.3. The zero-order valence-electron chi connectivity index (χ0n) is 25.7. The van der Waals surface area contributed by atoms with E-state index in [1.807, 2.05) is 35.8 Å². The number of ether oxygens (including phenoxy) is 2. The van der Waals surface area contributed by atoms with Gasteiger partial charge in [0.25, 0.3) is 0 Å². The molecule has 12 heteroatoms. The van der Waals surface area contributed by atoms with Gasteiger partial charge in [-0.1, -0.05) is 6.07 Å². The fourth-order valence-corrected chi connectivity index (χ4v) is 5.22. The minimum atomic E-state index is -0.812. The number of aryl methyl sites for hydroxylation is 1. The third-order valence-electron chi connectivity index (χ3n) is 7.14. The maximum Gasteiger partial charge on any atom is 0.416 e. The van der Waals surface area contributed by atoms with E-state index in [0.29, 0.717) is 31.0 Å². The first-order valence-electron chi connectivity index (χ1n) is 14.0. The number of carbonyl (C=O) groups excluding carboxylic acids is 3. The first-order valence-corrected chi connectivity index (χ1v) is 14.0. The molecule has 2 aliphatic rings. The molecule has 0 saturated carbocycles. The van der Waals surface area contributed by atoms with E-state index in [2.05, 4.69) is 5.10 Å². The summed E-state index contributed by atoms with van der Waals surface area (Å²) in [6.07, 6.45) is 2.18. The molecule has 41 heavy (non-hydrogen) atoms. The normalized spacial score (nSPS) is 20.4. The summed E-state index contributed by atoms with van der Waals surface area (Å²) < 4.78 is 13.3. The summed E-state index contributed by atoms with van der Waals surface area (Å²) in [7, 11) is 5.54. The molecule has 3 amide bonds. The second-order valence-corrected chi connectivity index (χ2v) is 12.8. The topological polar surface area (TPSA) is 113 Å². The summed E-state index contributed by atoms with van der Waals surface area (Å²) >= 11 is 0. The predicted molar refractivity (Wildman–Crippen MR) is 155 cm³/mol. The molecule has 2 aliphatic heterocycles. The zero-order valence-corrected chi connectivity index (χ0v) is 25.7. The fourth-order valence-electron chi connectivity index (χ4n) is 5.22. The van der Waals surface area contributed by atoms with E-state index >= 15 is 0 Å². The lowest BCUT2D eigenvalue weighted by molar-refractivity contribution is -0.134. The monoisotopic (exact) mass is 569 g/mol. The predicted octanol–water partition coefficient (Wildman–Crippen LogP) is 4.11. The van der Waals surface area contributed by atoms with Crippen molar-refractivity contribution in [1.29, 1.82) is 0 Å². The van der Waals surface area contributed by atoms with Crippen LogP contribution >= 0.6 is 0 Å². The van der Waals surface area contributed by atoms with Gasteiger partial charge in [-0.05, 0) is 72.9 Å². The summed E-state index contributed by atoms with van der Waals surface area (Å²) in [6.45, 7) is 11.3. The van der Waals surface area contributed by atoms with Crippen molar-refractivity contribution in [3.05, 3.63) is 30.1 Å². The van der Waals surface area contributed by atoms with E-state index in [0.717, 1.165) is 11.4 Å². The summed E-state index contributed by atoms with van der Waals surface area (Å²) in [5.74, 6) is 0.771. The Labute approximate surface area is 242 Å². The van der Waals surface area contributed by atoms with Gasteiger partial charge in [0, 0.05) is 34.2 Å². The first kappa shape index (κ1) is 30.1. The van der Waals surface area contributed by atoms with Crippen LogP contribution in [-0.4, -0.2) is 93.1 Å². The third kappa shape index (κ3) is 6.74. The van der Waals surface area contributed by atoms with Crippen LogP contribution in [0.25, 0.3) is 0 Å². The Kier molecular flexibility index (Phi) is 8.24. The highest BCUT2D eigenvalue weighted by Gasteiger charge is 2.47. The molecule has 4 rings (SSSR count). The number of amides is 3. The van der Waals surface area contributed by atoms with Gasteiger partial charge in [-0.2, -0.15) is 5.10 Å². The Bertz CT molecular complexity index is 1300. The Hall–Kier alpha value is -3.83. The van der Waals surface area contributed by atoms with Gasteiger partial charge in [0.15, 0.2) is 0 Å². The van der Waals surface area contributed by atoms with Gasteiger partial charge in [0.05, 0.1) is 23.6 Å². The molecular weight excluding hydrogens is 526 g/mol. The van der Waals surface area contributed by atoms with E-state index in [1.165, 1.54) is 9.80 Å². The highest BCUT2D eigenvalue weighted by Crippen LogP contribution is 2.33. The molecule has 0 unspecified atom stereocenters. The third-order valence-corrected chi connectivity index (χ3v) is 7.14. The van der Waals surface area contributed by atoms with Gasteiger partial charge < -0.3 is 19.3 Å². The molecule has 0 N–H and O–H groups in total. The van der Waals surface area contributed by atoms with Crippen LogP contribution in [0.1, 0.15) is 60.1 Å². The van der Waals surface area contributed by atoms with E-state index in [9.17, 15) is 14.4 Å². The molecule has 4 heterocycles. The molecule has 0 aromatic carbocycles. The molecule has 0 radical (unpaired) electrons.